The average Bonchev–Trinajstić information content (AvgIpc) is 3.05. The van der Waals surface area contributed by atoms with Crippen LogP contribution in [0.25, 0.3) is 0 Å². The van der Waals surface area contributed by atoms with Crippen LogP contribution in [0.3, 0.4) is 0 Å². The highest BCUT2D eigenvalue weighted by atomic mass is 16.5. The highest BCUT2D eigenvalue weighted by molar-refractivity contribution is 5.81. The standard InChI is InChI=1S/C16H27N3O2/c1-5-18-16(15(20)21-6-2)8-7-13(11-16)19-10-9-17-14(19)12(3)4/h9-10,12-13,18H,5-8,11H2,1-4H3. The van der Waals surface area contributed by atoms with Gasteiger partial charge in [0.15, 0.2) is 0 Å². The lowest BCUT2D eigenvalue weighted by molar-refractivity contribution is -0.151. The van der Waals surface area contributed by atoms with E-state index in [0.717, 1.165) is 31.6 Å². The van der Waals surface area contributed by atoms with Crippen molar-refractivity contribution in [2.75, 3.05) is 13.2 Å². The van der Waals surface area contributed by atoms with Crippen LogP contribution in [0.2, 0.25) is 0 Å². The van der Waals surface area contributed by atoms with E-state index in [2.05, 4.69) is 28.7 Å². The number of hydrogen-bond acceptors (Lipinski definition) is 4. The van der Waals surface area contributed by atoms with Crippen molar-refractivity contribution in [2.24, 2.45) is 0 Å². The lowest BCUT2D eigenvalue weighted by Crippen LogP contribution is -2.51. The number of esters is 1. The molecule has 1 aromatic heterocycles. The van der Waals surface area contributed by atoms with E-state index in [4.69, 9.17) is 4.74 Å². The predicted molar refractivity (Wildman–Crippen MR) is 82.2 cm³/mol. The molecule has 0 spiro atoms. The van der Waals surface area contributed by atoms with Gasteiger partial charge in [0.2, 0.25) is 0 Å². The number of carbonyl (C=O) groups is 1. The predicted octanol–water partition coefficient (Wildman–Crippen LogP) is 2.64. The molecule has 1 aliphatic rings. The van der Waals surface area contributed by atoms with E-state index in [9.17, 15) is 4.79 Å². The smallest absolute Gasteiger partial charge is 0.326 e. The topological polar surface area (TPSA) is 56.1 Å². The summed E-state index contributed by atoms with van der Waals surface area (Å²) in [5.41, 5.74) is -0.534. The molecule has 21 heavy (non-hydrogen) atoms. The maximum atomic E-state index is 12.4. The van der Waals surface area contributed by atoms with Crippen LogP contribution in [0.1, 0.15) is 64.7 Å². The number of nitrogens with zero attached hydrogens (tertiary/aromatic N) is 2. The van der Waals surface area contributed by atoms with E-state index >= 15 is 0 Å². The van der Waals surface area contributed by atoms with Crippen molar-refractivity contribution in [3.05, 3.63) is 18.2 Å². The van der Waals surface area contributed by atoms with Crippen molar-refractivity contribution in [1.82, 2.24) is 14.9 Å². The maximum Gasteiger partial charge on any atom is 0.326 e. The Bertz CT molecular complexity index is 484. The third-order valence-electron chi connectivity index (χ3n) is 4.28. The van der Waals surface area contributed by atoms with Crippen LogP contribution in [0.15, 0.2) is 12.4 Å². The Balaban J connectivity index is 2.19. The summed E-state index contributed by atoms with van der Waals surface area (Å²) >= 11 is 0. The van der Waals surface area contributed by atoms with Gasteiger partial charge in [-0.25, -0.2) is 4.98 Å². The number of carbonyl (C=O) groups excluding carboxylic acids is 1. The molecule has 0 aliphatic heterocycles. The quantitative estimate of drug-likeness (QED) is 0.819. The molecule has 0 saturated heterocycles. The Hall–Kier alpha value is -1.36. The van der Waals surface area contributed by atoms with Gasteiger partial charge in [-0.05, 0) is 32.7 Å². The molecule has 1 saturated carbocycles. The fourth-order valence-corrected chi connectivity index (χ4v) is 3.36. The van der Waals surface area contributed by atoms with Gasteiger partial charge in [0, 0.05) is 24.4 Å². The van der Waals surface area contributed by atoms with Crippen LogP contribution in [0.5, 0.6) is 0 Å². The lowest BCUT2D eigenvalue weighted by atomic mass is 9.97. The molecular weight excluding hydrogens is 266 g/mol. The zero-order valence-corrected chi connectivity index (χ0v) is 13.6. The van der Waals surface area contributed by atoms with Crippen LogP contribution >= 0.6 is 0 Å². The fraction of sp³-hybridized carbons (Fsp3) is 0.750. The summed E-state index contributed by atoms with van der Waals surface area (Å²) in [7, 11) is 0. The summed E-state index contributed by atoms with van der Waals surface area (Å²) in [4.78, 5) is 16.8. The lowest BCUT2D eigenvalue weighted by Gasteiger charge is -2.28. The zero-order chi connectivity index (χ0) is 15.5. The van der Waals surface area contributed by atoms with E-state index in [0.29, 0.717) is 18.6 Å². The highest BCUT2D eigenvalue weighted by Crippen LogP contribution is 2.39. The van der Waals surface area contributed by atoms with E-state index in [1.807, 2.05) is 26.2 Å². The third kappa shape index (κ3) is 3.12. The van der Waals surface area contributed by atoms with Crippen molar-refractivity contribution in [1.29, 1.82) is 0 Å². The van der Waals surface area contributed by atoms with Gasteiger partial charge in [0.25, 0.3) is 0 Å². The molecule has 1 N–H and O–H groups in total. The second-order valence-electron chi connectivity index (χ2n) is 6.08. The van der Waals surface area contributed by atoms with Crippen molar-refractivity contribution < 1.29 is 9.53 Å². The number of imidazole rings is 1. The fourth-order valence-electron chi connectivity index (χ4n) is 3.36. The van der Waals surface area contributed by atoms with E-state index in [-0.39, 0.29) is 5.97 Å². The first-order valence-corrected chi connectivity index (χ1v) is 7.99. The van der Waals surface area contributed by atoms with Gasteiger partial charge in [-0.15, -0.1) is 0 Å². The van der Waals surface area contributed by atoms with Gasteiger partial charge in [0.1, 0.15) is 11.4 Å². The minimum absolute atomic E-state index is 0.111. The van der Waals surface area contributed by atoms with E-state index in [1.54, 1.807) is 0 Å². The molecule has 2 atom stereocenters. The summed E-state index contributed by atoms with van der Waals surface area (Å²) in [6.45, 7) is 9.39. The first kappa shape index (κ1) is 16.0. The van der Waals surface area contributed by atoms with Crippen molar-refractivity contribution in [3.8, 4) is 0 Å². The normalized spacial score (nSPS) is 25.5. The van der Waals surface area contributed by atoms with Gasteiger partial charge in [-0.2, -0.15) is 0 Å². The maximum absolute atomic E-state index is 12.4. The van der Waals surface area contributed by atoms with Crippen LogP contribution in [0, 0.1) is 0 Å². The molecule has 2 unspecified atom stereocenters. The molecule has 0 bridgehead atoms. The molecule has 118 valence electrons. The molecule has 0 amide bonds. The highest BCUT2D eigenvalue weighted by Gasteiger charge is 2.46. The first-order chi connectivity index (χ1) is 10.0. The molecule has 0 radical (unpaired) electrons. The second-order valence-corrected chi connectivity index (χ2v) is 6.08. The van der Waals surface area contributed by atoms with Crippen molar-refractivity contribution >= 4 is 5.97 Å². The summed E-state index contributed by atoms with van der Waals surface area (Å²) in [5.74, 6) is 1.37. The molecule has 5 nitrogen and oxygen atoms in total. The van der Waals surface area contributed by atoms with Crippen LogP contribution in [0.4, 0.5) is 0 Å². The van der Waals surface area contributed by atoms with Gasteiger partial charge in [-0.3, -0.25) is 4.79 Å². The molecule has 1 aliphatic carbocycles. The monoisotopic (exact) mass is 293 g/mol. The summed E-state index contributed by atoms with van der Waals surface area (Å²) in [6, 6.07) is 0.313. The number of likely N-dealkylation sites (N-methyl/N-ethyl adjacent to an activating group) is 1. The van der Waals surface area contributed by atoms with Crippen LogP contribution in [-0.4, -0.2) is 34.2 Å². The molecule has 1 aromatic rings. The van der Waals surface area contributed by atoms with Gasteiger partial charge >= 0.3 is 5.97 Å². The van der Waals surface area contributed by atoms with E-state index in [1.165, 1.54) is 0 Å². The molecule has 1 heterocycles. The largest absolute Gasteiger partial charge is 0.465 e. The number of rotatable bonds is 6. The first-order valence-electron chi connectivity index (χ1n) is 7.99. The average molecular weight is 293 g/mol. The Labute approximate surface area is 127 Å². The molecule has 5 heteroatoms. The van der Waals surface area contributed by atoms with Crippen molar-refractivity contribution in [3.63, 3.8) is 0 Å². The summed E-state index contributed by atoms with van der Waals surface area (Å²) in [5, 5.41) is 3.37. The number of aromatic nitrogens is 2. The summed E-state index contributed by atoms with van der Waals surface area (Å²) < 4.78 is 7.54. The van der Waals surface area contributed by atoms with E-state index < -0.39 is 5.54 Å². The molecule has 0 aromatic carbocycles. The Morgan fingerprint density at radius 2 is 2.33 bits per heavy atom. The van der Waals surface area contributed by atoms with Crippen molar-refractivity contribution in [2.45, 2.75) is 64.5 Å². The minimum atomic E-state index is -0.534. The summed E-state index contributed by atoms with van der Waals surface area (Å²) in [6.07, 6.45) is 6.46. The number of nitrogens with one attached hydrogen (secondary N) is 1. The van der Waals surface area contributed by atoms with Gasteiger partial charge in [0.05, 0.1) is 6.61 Å². The zero-order valence-electron chi connectivity index (χ0n) is 13.6. The Kier molecular flexibility index (Phi) is 5.04. The Morgan fingerprint density at radius 3 is 2.95 bits per heavy atom. The molecule has 2 rings (SSSR count). The Morgan fingerprint density at radius 1 is 1.57 bits per heavy atom. The minimum Gasteiger partial charge on any atom is -0.465 e. The number of hydrogen-bond donors (Lipinski definition) is 1. The third-order valence-corrected chi connectivity index (χ3v) is 4.28. The van der Waals surface area contributed by atoms with Crippen LogP contribution < -0.4 is 5.32 Å². The van der Waals surface area contributed by atoms with Gasteiger partial charge < -0.3 is 14.6 Å². The van der Waals surface area contributed by atoms with Gasteiger partial charge in [-0.1, -0.05) is 20.8 Å². The number of ether oxygens (including phenoxy) is 1. The SMILES string of the molecule is CCNC1(C(=O)OCC)CCC(n2ccnc2C(C)C)C1. The van der Waals surface area contributed by atoms with Crippen LogP contribution in [-0.2, 0) is 9.53 Å². The second kappa shape index (κ2) is 6.60. The molecule has 1 fully saturated rings. The molecular formula is C16H27N3O2.